The Morgan fingerprint density at radius 3 is 2.21 bits per heavy atom. The van der Waals surface area contributed by atoms with Crippen molar-refractivity contribution in [3.8, 4) is 0 Å². The molecule has 3 aromatic carbocycles. The molecular formula is C28H30Cl2FN3O4S. The third kappa shape index (κ3) is 7.50. The molecule has 0 aliphatic carbocycles. The number of hydrogen-bond donors (Lipinski definition) is 1. The molecule has 0 aliphatic heterocycles. The average Bonchev–Trinajstić information content (AvgIpc) is 2.90. The molecule has 0 fully saturated rings. The molecule has 0 aromatic heterocycles. The minimum atomic E-state index is -4.29. The van der Waals surface area contributed by atoms with Gasteiger partial charge in [-0.25, -0.2) is 12.8 Å². The van der Waals surface area contributed by atoms with Gasteiger partial charge in [0, 0.05) is 18.1 Å². The highest BCUT2D eigenvalue weighted by molar-refractivity contribution is 7.92. The second-order valence-corrected chi connectivity index (χ2v) is 11.6. The molecule has 0 bridgehead atoms. The van der Waals surface area contributed by atoms with Crippen molar-refractivity contribution in [2.45, 2.75) is 44.7 Å². The van der Waals surface area contributed by atoms with Gasteiger partial charge in [0.15, 0.2) is 0 Å². The summed E-state index contributed by atoms with van der Waals surface area (Å²) in [6.07, 6.45) is 0.265. The topological polar surface area (TPSA) is 86.8 Å². The molecule has 0 saturated carbocycles. The van der Waals surface area contributed by atoms with Gasteiger partial charge >= 0.3 is 0 Å². The van der Waals surface area contributed by atoms with E-state index in [4.69, 9.17) is 23.2 Å². The van der Waals surface area contributed by atoms with Gasteiger partial charge in [-0.3, -0.25) is 13.9 Å². The molecular weight excluding hydrogens is 564 g/mol. The van der Waals surface area contributed by atoms with E-state index < -0.39 is 34.3 Å². The van der Waals surface area contributed by atoms with Crippen LogP contribution in [0.1, 0.15) is 31.4 Å². The standard InChI is InChI=1S/C28H30Cl2FN3O4S/c1-4-25(28(36)32-5-2)33(17-20-8-11-22(31)12-9-20)27(35)18-34(26-16-21(29)10-15-24(26)30)39(37,38)23-13-6-19(3)7-14-23/h6-16,25H,4-5,17-18H2,1-3H3,(H,32,36)/t25-/m1/s1. The number of carbonyl (C=O) groups excluding carboxylic acids is 2. The highest BCUT2D eigenvalue weighted by Gasteiger charge is 2.34. The van der Waals surface area contributed by atoms with E-state index in [2.05, 4.69) is 5.32 Å². The monoisotopic (exact) mass is 593 g/mol. The quantitative estimate of drug-likeness (QED) is 0.314. The van der Waals surface area contributed by atoms with E-state index in [1.165, 1.54) is 59.5 Å². The number of carbonyl (C=O) groups is 2. The zero-order valence-electron chi connectivity index (χ0n) is 21.8. The second kappa shape index (κ2) is 13.3. The molecule has 0 spiro atoms. The second-order valence-electron chi connectivity index (χ2n) is 8.89. The summed E-state index contributed by atoms with van der Waals surface area (Å²) in [7, 11) is -4.29. The van der Waals surface area contributed by atoms with Gasteiger partial charge < -0.3 is 10.2 Å². The molecule has 0 radical (unpaired) electrons. The number of sulfonamides is 1. The van der Waals surface area contributed by atoms with E-state index in [-0.39, 0.29) is 39.5 Å². The van der Waals surface area contributed by atoms with Crippen molar-refractivity contribution in [1.29, 1.82) is 0 Å². The van der Waals surface area contributed by atoms with Crippen LogP contribution >= 0.6 is 23.2 Å². The lowest BCUT2D eigenvalue weighted by atomic mass is 10.1. The van der Waals surface area contributed by atoms with Gasteiger partial charge in [0.1, 0.15) is 18.4 Å². The first-order valence-corrected chi connectivity index (χ1v) is 14.5. The Labute approximate surface area is 238 Å². The van der Waals surface area contributed by atoms with Crippen LogP contribution in [-0.2, 0) is 26.2 Å². The van der Waals surface area contributed by atoms with E-state index in [1.54, 1.807) is 26.0 Å². The van der Waals surface area contributed by atoms with E-state index in [0.29, 0.717) is 12.1 Å². The lowest BCUT2D eigenvalue weighted by Gasteiger charge is -2.33. The summed E-state index contributed by atoms with van der Waals surface area (Å²) in [6.45, 7) is 4.97. The number of benzene rings is 3. The van der Waals surface area contributed by atoms with Crippen LogP contribution in [0.2, 0.25) is 10.0 Å². The van der Waals surface area contributed by atoms with Crippen molar-refractivity contribution in [3.63, 3.8) is 0 Å². The first kappa shape index (κ1) is 30.4. The van der Waals surface area contributed by atoms with Gasteiger partial charge in [-0.1, -0.05) is 60.0 Å². The number of aryl methyl sites for hydroxylation is 1. The summed E-state index contributed by atoms with van der Waals surface area (Å²) in [6, 6.07) is 15.1. The van der Waals surface area contributed by atoms with Crippen LogP contribution in [0.5, 0.6) is 0 Å². The molecule has 2 amide bonds. The molecule has 39 heavy (non-hydrogen) atoms. The van der Waals surface area contributed by atoms with Crippen LogP contribution < -0.4 is 9.62 Å². The van der Waals surface area contributed by atoms with Gasteiger partial charge in [-0.15, -0.1) is 0 Å². The molecule has 3 aromatic rings. The minimum absolute atomic E-state index is 0.0193. The first-order valence-electron chi connectivity index (χ1n) is 12.3. The summed E-state index contributed by atoms with van der Waals surface area (Å²) in [5, 5.41) is 3.02. The fraction of sp³-hybridized carbons (Fsp3) is 0.286. The molecule has 0 unspecified atom stereocenters. The van der Waals surface area contributed by atoms with Crippen molar-refractivity contribution in [3.05, 3.63) is 93.7 Å². The van der Waals surface area contributed by atoms with E-state index >= 15 is 0 Å². The average molecular weight is 595 g/mol. The van der Waals surface area contributed by atoms with Crippen molar-refractivity contribution < 1.29 is 22.4 Å². The molecule has 11 heteroatoms. The number of halogens is 3. The zero-order chi connectivity index (χ0) is 28.7. The Hall–Kier alpha value is -3.14. The van der Waals surface area contributed by atoms with Crippen LogP contribution in [0.3, 0.4) is 0 Å². The number of nitrogens with one attached hydrogen (secondary N) is 1. The molecule has 3 rings (SSSR count). The molecule has 0 aliphatic rings. The predicted molar refractivity (Wildman–Crippen MR) is 152 cm³/mol. The van der Waals surface area contributed by atoms with Gasteiger partial charge in [-0.05, 0) is 68.3 Å². The Balaban J connectivity index is 2.10. The third-order valence-electron chi connectivity index (χ3n) is 6.07. The third-order valence-corrected chi connectivity index (χ3v) is 8.40. The number of likely N-dealkylation sites (N-methyl/N-ethyl adjacent to an activating group) is 1. The number of amides is 2. The lowest BCUT2D eigenvalue weighted by molar-refractivity contribution is -0.140. The van der Waals surface area contributed by atoms with Crippen molar-refractivity contribution in [1.82, 2.24) is 10.2 Å². The molecule has 1 N–H and O–H groups in total. The fourth-order valence-corrected chi connectivity index (χ4v) is 5.89. The van der Waals surface area contributed by atoms with Gasteiger partial charge in [0.2, 0.25) is 11.8 Å². The summed E-state index contributed by atoms with van der Waals surface area (Å²) in [5.41, 5.74) is 1.45. The molecule has 7 nitrogen and oxygen atoms in total. The maximum Gasteiger partial charge on any atom is 0.264 e. The largest absolute Gasteiger partial charge is 0.355 e. The zero-order valence-corrected chi connectivity index (χ0v) is 24.2. The lowest BCUT2D eigenvalue weighted by Crippen LogP contribution is -2.52. The number of anilines is 1. The van der Waals surface area contributed by atoms with Crippen LogP contribution in [-0.4, -0.2) is 44.3 Å². The summed E-state index contributed by atoms with van der Waals surface area (Å²) in [5.74, 6) is -1.48. The van der Waals surface area contributed by atoms with E-state index in [9.17, 15) is 22.4 Å². The maximum absolute atomic E-state index is 13.9. The van der Waals surface area contributed by atoms with Crippen LogP contribution in [0.25, 0.3) is 0 Å². The summed E-state index contributed by atoms with van der Waals surface area (Å²) < 4.78 is 42.2. The number of hydrogen-bond acceptors (Lipinski definition) is 4. The molecule has 208 valence electrons. The molecule has 1 atom stereocenters. The molecule has 0 saturated heterocycles. The summed E-state index contributed by atoms with van der Waals surface area (Å²) >= 11 is 12.6. The van der Waals surface area contributed by atoms with Crippen molar-refractivity contribution in [2.24, 2.45) is 0 Å². The van der Waals surface area contributed by atoms with Crippen LogP contribution in [0, 0.1) is 12.7 Å². The Kier molecular flexibility index (Phi) is 10.4. The van der Waals surface area contributed by atoms with E-state index in [0.717, 1.165) is 9.87 Å². The van der Waals surface area contributed by atoms with Gasteiger partial charge in [-0.2, -0.15) is 0 Å². The normalized spacial score (nSPS) is 12.1. The van der Waals surface area contributed by atoms with Crippen LogP contribution in [0.15, 0.2) is 71.6 Å². The van der Waals surface area contributed by atoms with Crippen molar-refractivity contribution >= 4 is 50.7 Å². The van der Waals surface area contributed by atoms with Crippen molar-refractivity contribution in [2.75, 3.05) is 17.4 Å². The highest BCUT2D eigenvalue weighted by atomic mass is 35.5. The molecule has 0 heterocycles. The SMILES string of the molecule is CCNC(=O)[C@@H](CC)N(Cc1ccc(F)cc1)C(=O)CN(c1cc(Cl)ccc1Cl)S(=O)(=O)c1ccc(C)cc1. The highest BCUT2D eigenvalue weighted by Crippen LogP contribution is 2.33. The maximum atomic E-state index is 13.9. The summed E-state index contributed by atoms with van der Waals surface area (Å²) in [4.78, 5) is 28.1. The Morgan fingerprint density at radius 2 is 1.62 bits per heavy atom. The first-order chi connectivity index (χ1) is 18.5. The smallest absolute Gasteiger partial charge is 0.264 e. The Morgan fingerprint density at radius 1 is 0.974 bits per heavy atom. The predicted octanol–water partition coefficient (Wildman–Crippen LogP) is 5.58. The Bertz CT molecular complexity index is 1420. The van der Waals surface area contributed by atoms with E-state index in [1.807, 2.05) is 6.92 Å². The van der Waals surface area contributed by atoms with Crippen LogP contribution in [0.4, 0.5) is 10.1 Å². The number of rotatable bonds is 11. The minimum Gasteiger partial charge on any atom is -0.355 e. The van der Waals surface area contributed by atoms with Gasteiger partial charge in [0.25, 0.3) is 10.0 Å². The number of nitrogens with zero attached hydrogens (tertiary/aromatic N) is 2. The van der Waals surface area contributed by atoms with Gasteiger partial charge in [0.05, 0.1) is 15.6 Å². The fourth-order valence-electron chi connectivity index (χ4n) is 4.03.